The molecule has 20 heavy (non-hydrogen) atoms. The summed E-state index contributed by atoms with van der Waals surface area (Å²) in [5.41, 5.74) is -0.931. The Morgan fingerprint density at radius 3 is 2.10 bits per heavy atom. The van der Waals surface area contributed by atoms with Gasteiger partial charge in [0.15, 0.2) is 0 Å². The van der Waals surface area contributed by atoms with Crippen LogP contribution in [0.15, 0.2) is 0 Å². The van der Waals surface area contributed by atoms with Crippen LogP contribution in [0.3, 0.4) is 0 Å². The quantitative estimate of drug-likeness (QED) is 0.681. The van der Waals surface area contributed by atoms with Crippen molar-refractivity contribution in [1.82, 2.24) is 0 Å². The lowest BCUT2D eigenvalue weighted by molar-refractivity contribution is -0.197. The second kappa shape index (κ2) is 6.46. The fourth-order valence-electron chi connectivity index (χ4n) is 2.99. The SMILES string of the molecule is CCC(C)(C)C(=O)OC1(C(C)(C)COC)CCCCC1. The minimum Gasteiger partial charge on any atom is -0.458 e. The molecular formula is C17H32O3. The van der Waals surface area contributed by atoms with Crippen LogP contribution in [0.5, 0.6) is 0 Å². The summed E-state index contributed by atoms with van der Waals surface area (Å²) in [5, 5.41) is 0. The Kier molecular flexibility index (Phi) is 5.65. The maximum atomic E-state index is 12.6. The predicted octanol–water partition coefficient (Wildman–Crippen LogP) is 4.34. The van der Waals surface area contributed by atoms with E-state index in [-0.39, 0.29) is 17.0 Å². The van der Waals surface area contributed by atoms with Crippen LogP contribution in [0.25, 0.3) is 0 Å². The highest BCUT2D eigenvalue weighted by Gasteiger charge is 2.50. The summed E-state index contributed by atoms with van der Waals surface area (Å²) in [6.07, 6.45) is 6.20. The van der Waals surface area contributed by atoms with E-state index in [9.17, 15) is 4.79 Å². The van der Waals surface area contributed by atoms with Crippen molar-refractivity contribution in [1.29, 1.82) is 0 Å². The fourth-order valence-corrected chi connectivity index (χ4v) is 2.99. The molecule has 0 N–H and O–H groups in total. The lowest BCUT2D eigenvalue weighted by Crippen LogP contribution is -2.53. The topological polar surface area (TPSA) is 35.5 Å². The average molecular weight is 284 g/mol. The van der Waals surface area contributed by atoms with Gasteiger partial charge in [-0.15, -0.1) is 0 Å². The summed E-state index contributed by atoms with van der Waals surface area (Å²) in [6, 6.07) is 0. The lowest BCUT2D eigenvalue weighted by Gasteiger charge is -2.49. The molecule has 1 rings (SSSR count). The van der Waals surface area contributed by atoms with Gasteiger partial charge in [0, 0.05) is 12.5 Å². The standard InChI is InChI=1S/C17H32O3/c1-7-15(2,3)14(18)20-17(11-9-8-10-12-17)16(4,5)13-19-6/h7-13H2,1-6H3. The number of carbonyl (C=O) groups is 1. The fraction of sp³-hybridized carbons (Fsp3) is 0.941. The lowest BCUT2D eigenvalue weighted by atomic mass is 9.67. The zero-order valence-electron chi connectivity index (χ0n) is 14.2. The molecule has 0 aromatic carbocycles. The summed E-state index contributed by atoms with van der Waals surface area (Å²) in [7, 11) is 1.72. The zero-order valence-corrected chi connectivity index (χ0v) is 14.2. The Morgan fingerprint density at radius 1 is 1.10 bits per heavy atom. The molecule has 3 heteroatoms. The minimum absolute atomic E-state index is 0.0638. The maximum Gasteiger partial charge on any atom is 0.312 e. The normalized spacial score (nSPS) is 19.7. The number of hydrogen-bond acceptors (Lipinski definition) is 3. The summed E-state index contributed by atoms with van der Waals surface area (Å²) in [5.74, 6) is -0.0638. The van der Waals surface area contributed by atoms with Crippen molar-refractivity contribution in [2.24, 2.45) is 10.8 Å². The smallest absolute Gasteiger partial charge is 0.312 e. The van der Waals surface area contributed by atoms with E-state index in [0.29, 0.717) is 6.61 Å². The first-order chi connectivity index (χ1) is 9.21. The molecule has 118 valence electrons. The molecule has 0 atom stereocenters. The first-order valence-corrected chi connectivity index (χ1v) is 7.93. The number of carbonyl (C=O) groups excluding carboxylic acids is 1. The van der Waals surface area contributed by atoms with Crippen molar-refractivity contribution in [2.75, 3.05) is 13.7 Å². The molecule has 0 saturated heterocycles. The van der Waals surface area contributed by atoms with Gasteiger partial charge in [0.05, 0.1) is 12.0 Å². The Hall–Kier alpha value is -0.570. The van der Waals surface area contributed by atoms with Crippen LogP contribution in [0.1, 0.15) is 73.1 Å². The van der Waals surface area contributed by atoms with Crippen LogP contribution in [0.2, 0.25) is 0 Å². The Labute approximate surface area is 124 Å². The van der Waals surface area contributed by atoms with Crippen molar-refractivity contribution in [3.8, 4) is 0 Å². The highest BCUT2D eigenvalue weighted by Crippen LogP contribution is 2.46. The van der Waals surface area contributed by atoms with Crippen LogP contribution in [-0.4, -0.2) is 25.3 Å². The number of hydrogen-bond donors (Lipinski definition) is 0. The molecule has 0 bridgehead atoms. The minimum atomic E-state index is -0.409. The van der Waals surface area contributed by atoms with Gasteiger partial charge in [-0.25, -0.2) is 0 Å². The second-order valence-electron chi connectivity index (χ2n) is 7.50. The van der Waals surface area contributed by atoms with Crippen molar-refractivity contribution < 1.29 is 14.3 Å². The molecule has 1 aliphatic rings. The van der Waals surface area contributed by atoms with E-state index in [1.165, 1.54) is 6.42 Å². The first kappa shape index (κ1) is 17.5. The van der Waals surface area contributed by atoms with Crippen LogP contribution in [0.4, 0.5) is 0 Å². The van der Waals surface area contributed by atoms with Crippen LogP contribution >= 0.6 is 0 Å². The summed E-state index contributed by atoms with van der Waals surface area (Å²) < 4.78 is 11.5. The van der Waals surface area contributed by atoms with E-state index >= 15 is 0 Å². The summed E-state index contributed by atoms with van der Waals surface area (Å²) in [4.78, 5) is 12.6. The van der Waals surface area contributed by atoms with Gasteiger partial charge in [0.1, 0.15) is 5.60 Å². The molecule has 0 amide bonds. The number of esters is 1. The monoisotopic (exact) mass is 284 g/mol. The van der Waals surface area contributed by atoms with Crippen LogP contribution in [-0.2, 0) is 14.3 Å². The van der Waals surface area contributed by atoms with Gasteiger partial charge in [0.25, 0.3) is 0 Å². The summed E-state index contributed by atoms with van der Waals surface area (Å²) in [6.45, 7) is 10.9. The van der Waals surface area contributed by atoms with Gasteiger partial charge in [-0.05, 0) is 46.0 Å². The molecule has 3 nitrogen and oxygen atoms in total. The van der Waals surface area contributed by atoms with E-state index in [4.69, 9.17) is 9.47 Å². The van der Waals surface area contributed by atoms with Crippen LogP contribution < -0.4 is 0 Å². The molecule has 0 aliphatic heterocycles. The van der Waals surface area contributed by atoms with Crippen LogP contribution in [0, 0.1) is 10.8 Å². The third kappa shape index (κ3) is 3.55. The van der Waals surface area contributed by atoms with Gasteiger partial charge in [-0.3, -0.25) is 4.79 Å². The largest absolute Gasteiger partial charge is 0.458 e. The third-order valence-corrected chi connectivity index (χ3v) is 5.12. The van der Waals surface area contributed by atoms with Gasteiger partial charge in [0.2, 0.25) is 0 Å². The van der Waals surface area contributed by atoms with Crippen molar-refractivity contribution in [2.45, 2.75) is 78.7 Å². The number of rotatable bonds is 6. The Balaban J connectivity index is 2.98. The predicted molar refractivity (Wildman–Crippen MR) is 81.6 cm³/mol. The summed E-state index contributed by atoms with van der Waals surface area (Å²) >= 11 is 0. The van der Waals surface area contributed by atoms with E-state index in [2.05, 4.69) is 13.8 Å². The molecule has 0 aromatic heterocycles. The highest BCUT2D eigenvalue weighted by molar-refractivity contribution is 5.76. The molecule has 0 aromatic rings. The second-order valence-corrected chi connectivity index (χ2v) is 7.50. The average Bonchev–Trinajstić information content (AvgIpc) is 2.39. The van der Waals surface area contributed by atoms with Crippen molar-refractivity contribution in [3.05, 3.63) is 0 Å². The first-order valence-electron chi connectivity index (χ1n) is 7.93. The molecule has 0 heterocycles. The Morgan fingerprint density at radius 2 is 1.65 bits per heavy atom. The van der Waals surface area contributed by atoms with E-state index in [0.717, 1.165) is 32.1 Å². The van der Waals surface area contributed by atoms with E-state index < -0.39 is 5.41 Å². The molecule has 1 fully saturated rings. The zero-order chi connectivity index (χ0) is 15.4. The maximum absolute atomic E-state index is 12.6. The number of ether oxygens (including phenoxy) is 2. The third-order valence-electron chi connectivity index (χ3n) is 5.12. The number of methoxy groups -OCH3 is 1. The van der Waals surface area contributed by atoms with Gasteiger partial charge >= 0.3 is 5.97 Å². The van der Waals surface area contributed by atoms with Crippen molar-refractivity contribution in [3.63, 3.8) is 0 Å². The Bertz CT molecular complexity index is 325. The van der Waals surface area contributed by atoms with Gasteiger partial charge in [-0.1, -0.05) is 27.2 Å². The highest BCUT2D eigenvalue weighted by atomic mass is 16.6. The molecule has 0 spiro atoms. The molecule has 1 saturated carbocycles. The molecule has 0 radical (unpaired) electrons. The van der Waals surface area contributed by atoms with Gasteiger partial charge in [-0.2, -0.15) is 0 Å². The van der Waals surface area contributed by atoms with E-state index in [1.54, 1.807) is 7.11 Å². The van der Waals surface area contributed by atoms with E-state index in [1.807, 2.05) is 20.8 Å². The van der Waals surface area contributed by atoms with Gasteiger partial charge < -0.3 is 9.47 Å². The molecular weight excluding hydrogens is 252 g/mol. The van der Waals surface area contributed by atoms with Crippen molar-refractivity contribution >= 4 is 5.97 Å². The molecule has 0 unspecified atom stereocenters. The molecule has 1 aliphatic carbocycles.